The number of aromatic amines is 1. The fraction of sp³-hybridized carbons (Fsp3) is 0.400. The Morgan fingerprint density at radius 3 is 2.68 bits per heavy atom. The van der Waals surface area contributed by atoms with Gasteiger partial charge in [-0.3, -0.25) is 9.59 Å². The minimum atomic E-state index is -0.566. The van der Waals surface area contributed by atoms with Crippen molar-refractivity contribution in [2.75, 3.05) is 5.32 Å². The molecule has 5 nitrogen and oxygen atoms in total. The van der Waals surface area contributed by atoms with E-state index in [1.54, 1.807) is 6.92 Å². The predicted molar refractivity (Wildman–Crippen MR) is 110 cm³/mol. The molecule has 1 fully saturated rings. The molecule has 1 aromatic carbocycles. The summed E-state index contributed by atoms with van der Waals surface area (Å²) in [6.45, 7) is 1.76. The van der Waals surface area contributed by atoms with Gasteiger partial charge in [-0.15, -0.1) is 0 Å². The molecular weight excluding hydrogens is 404 g/mol. The van der Waals surface area contributed by atoms with Crippen molar-refractivity contribution in [3.63, 3.8) is 0 Å². The summed E-state index contributed by atoms with van der Waals surface area (Å²) in [5.41, 5.74) is 0.465. The van der Waals surface area contributed by atoms with Gasteiger partial charge in [-0.05, 0) is 38.0 Å². The minimum absolute atomic E-state index is 0.0270. The van der Waals surface area contributed by atoms with Gasteiger partial charge in [0.05, 0.1) is 16.8 Å². The van der Waals surface area contributed by atoms with Gasteiger partial charge < -0.3 is 15.6 Å². The Morgan fingerprint density at radius 1 is 1.25 bits per heavy atom. The number of anilines is 1. The number of aromatic nitrogens is 1. The van der Waals surface area contributed by atoms with Crippen molar-refractivity contribution in [2.45, 2.75) is 51.1 Å². The van der Waals surface area contributed by atoms with Crippen LogP contribution >= 0.6 is 23.2 Å². The van der Waals surface area contributed by atoms with E-state index in [-0.39, 0.29) is 16.6 Å². The third kappa shape index (κ3) is 4.67. The molecule has 1 amide bonds. The zero-order chi connectivity index (χ0) is 20.3. The smallest absolute Gasteiger partial charge is 0.260 e. The summed E-state index contributed by atoms with van der Waals surface area (Å²) in [7, 11) is 0. The Hall–Kier alpha value is -2.05. The second kappa shape index (κ2) is 8.97. The molecule has 0 bridgehead atoms. The van der Waals surface area contributed by atoms with Gasteiger partial charge in [0.1, 0.15) is 11.4 Å². The van der Waals surface area contributed by atoms with Gasteiger partial charge in [0, 0.05) is 22.8 Å². The van der Waals surface area contributed by atoms with Crippen LogP contribution in [-0.4, -0.2) is 16.9 Å². The van der Waals surface area contributed by atoms with Crippen molar-refractivity contribution >= 4 is 34.8 Å². The highest BCUT2D eigenvalue weighted by Crippen LogP contribution is 2.34. The first-order valence-corrected chi connectivity index (χ1v) is 10.1. The summed E-state index contributed by atoms with van der Waals surface area (Å²) >= 11 is 12.2. The maximum Gasteiger partial charge on any atom is 0.260 e. The molecule has 0 spiro atoms. The number of rotatable bonds is 5. The van der Waals surface area contributed by atoms with Gasteiger partial charge in [-0.2, -0.15) is 0 Å². The van der Waals surface area contributed by atoms with E-state index in [9.17, 15) is 14.0 Å². The largest absolute Gasteiger partial charge is 0.377 e. The molecule has 3 rings (SSSR count). The molecule has 1 atom stereocenters. The highest BCUT2D eigenvalue weighted by Gasteiger charge is 2.20. The molecule has 0 saturated heterocycles. The summed E-state index contributed by atoms with van der Waals surface area (Å²) in [6.07, 6.45) is 6.64. The van der Waals surface area contributed by atoms with Crippen LogP contribution in [0.15, 0.2) is 29.2 Å². The van der Waals surface area contributed by atoms with E-state index >= 15 is 0 Å². The third-order valence-corrected chi connectivity index (χ3v) is 5.70. The normalized spacial score (nSPS) is 15.9. The zero-order valence-corrected chi connectivity index (χ0v) is 17.0. The molecule has 150 valence electrons. The van der Waals surface area contributed by atoms with Gasteiger partial charge in [0.25, 0.3) is 11.5 Å². The van der Waals surface area contributed by atoms with Crippen LogP contribution in [-0.2, 0) is 0 Å². The summed E-state index contributed by atoms with van der Waals surface area (Å²) in [4.78, 5) is 27.2. The summed E-state index contributed by atoms with van der Waals surface area (Å²) in [6, 6.07) is 3.77. The summed E-state index contributed by atoms with van der Waals surface area (Å²) < 4.78 is 13.8. The molecular formula is C20H22Cl2FN3O2. The van der Waals surface area contributed by atoms with Gasteiger partial charge in [0.2, 0.25) is 0 Å². The SMILES string of the molecule is C[C@@H](Nc1c[nH]c(=O)c(C(=O)NC2CCCCC2)c1)c1c(Cl)ccc(F)c1Cl. The van der Waals surface area contributed by atoms with Crippen molar-refractivity contribution in [1.82, 2.24) is 10.3 Å². The lowest BCUT2D eigenvalue weighted by atomic mass is 9.95. The first kappa shape index (κ1) is 20.7. The van der Waals surface area contributed by atoms with Gasteiger partial charge in [-0.1, -0.05) is 42.5 Å². The number of carbonyl (C=O) groups excluding carboxylic acids is 1. The third-order valence-electron chi connectivity index (χ3n) is 4.98. The average molecular weight is 426 g/mol. The van der Waals surface area contributed by atoms with Crippen LogP contribution in [0.2, 0.25) is 10.0 Å². The van der Waals surface area contributed by atoms with Crippen LogP contribution in [0.5, 0.6) is 0 Å². The molecule has 3 N–H and O–H groups in total. The lowest BCUT2D eigenvalue weighted by molar-refractivity contribution is 0.0926. The van der Waals surface area contributed by atoms with E-state index in [1.165, 1.54) is 30.8 Å². The average Bonchev–Trinajstić information content (AvgIpc) is 2.67. The maximum absolute atomic E-state index is 13.8. The number of H-pyrrole nitrogens is 1. The Labute approximate surface area is 172 Å². The van der Waals surface area contributed by atoms with E-state index in [2.05, 4.69) is 15.6 Å². The monoisotopic (exact) mass is 425 g/mol. The fourth-order valence-corrected chi connectivity index (χ4v) is 4.21. The van der Waals surface area contributed by atoms with Gasteiger partial charge in [-0.25, -0.2) is 4.39 Å². The number of nitrogens with one attached hydrogen (secondary N) is 3. The molecule has 0 unspecified atom stereocenters. The summed E-state index contributed by atoms with van der Waals surface area (Å²) in [5, 5.41) is 6.31. The van der Waals surface area contributed by atoms with Crippen molar-refractivity contribution in [1.29, 1.82) is 0 Å². The van der Waals surface area contributed by atoms with Crippen LogP contribution in [0.3, 0.4) is 0 Å². The Morgan fingerprint density at radius 2 is 1.96 bits per heavy atom. The van der Waals surface area contributed by atoms with E-state index in [0.717, 1.165) is 25.7 Å². The van der Waals surface area contributed by atoms with E-state index in [1.807, 2.05) is 0 Å². The lowest BCUT2D eigenvalue weighted by Gasteiger charge is -2.23. The number of halogens is 3. The van der Waals surface area contributed by atoms with Crippen molar-refractivity contribution in [2.24, 2.45) is 0 Å². The highest BCUT2D eigenvalue weighted by molar-refractivity contribution is 6.36. The van der Waals surface area contributed by atoms with Crippen molar-refractivity contribution < 1.29 is 9.18 Å². The van der Waals surface area contributed by atoms with Crippen LogP contribution in [0.25, 0.3) is 0 Å². The van der Waals surface area contributed by atoms with Gasteiger partial charge >= 0.3 is 0 Å². The molecule has 1 heterocycles. The van der Waals surface area contributed by atoms with Gasteiger partial charge in [0.15, 0.2) is 0 Å². The Bertz CT molecular complexity index is 926. The summed E-state index contributed by atoms with van der Waals surface area (Å²) in [5.74, 6) is -0.963. The maximum atomic E-state index is 13.8. The fourth-order valence-electron chi connectivity index (χ4n) is 3.51. The topological polar surface area (TPSA) is 74.0 Å². The van der Waals surface area contributed by atoms with Crippen LogP contribution in [0.4, 0.5) is 10.1 Å². The first-order chi connectivity index (χ1) is 13.4. The second-order valence-electron chi connectivity index (χ2n) is 7.06. The molecule has 28 heavy (non-hydrogen) atoms. The lowest BCUT2D eigenvalue weighted by Crippen LogP contribution is -2.38. The standard InChI is InChI=1S/C20H22Cl2FN3O2/c1-11(17-15(21)7-8-16(23)18(17)22)25-13-9-14(19(27)24-10-13)20(28)26-12-5-3-2-4-6-12/h7-12,25H,2-6H2,1H3,(H,24,27)(H,26,28)/t11-/m1/s1. The molecule has 1 aliphatic carbocycles. The number of pyridine rings is 1. The molecule has 8 heteroatoms. The Kier molecular flexibility index (Phi) is 6.62. The number of hydrogen-bond acceptors (Lipinski definition) is 3. The van der Waals surface area contributed by atoms with E-state index in [4.69, 9.17) is 23.2 Å². The Balaban J connectivity index is 1.78. The quantitative estimate of drug-likeness (QED) is 0.586. The van der Waals surface area contributed by atoms with Crippen molar-refractivity contribution in [3.05, 3.63) is 61.7 Å². The number of carbonyl (C=O) groups is 1. The van der Waals surface area contributed by atoms with E-state index < -0.39 is 23.3 Å². The molecule has 2 aromatic rings. The number of amides is 1. The molecule has 0 aliphatic heterocycles. The zero-order valence-electron chi connectivity index (χ0n) is 15.5. The number of benzene rings is 1. The minimum Gasteiger partial charge on any atom is -0.377 e. The van der Waals surface area contributed by atoms with Crippen LogP contribution in [0.1, 0.15) is 61.0 Å². The number of hydrogen-bond donors (Lipinski definition) is 3. The van der Waals surface area contributed by atoms with E-state index in [0.29, 0.717) is 16.3 Å². The highest BCUT2D eigenvalue weighted by atomic mass is 35.5. The molecule has 0 radical (unpaired) electrons. The molecule has 1 aromatic heterocycles. The van der Waals surface area contributed by atoms with Crippen LogP contribution < -0.4 is 16.2 Å². The van der Waals surface area contributed by atoms with Crippen molar-refractivity contribution in [3.8, 4) is 0 Å². The molecule has 1 aliphatic rings. The molecule has 1 saturated carbocycles. The van der Waals surface area contributed by atoms with Crippen LogP contribution in [0, 0.1) is 5.82 Å². The predicted octanol–water partition coefficient (Wildman–Crippen LogP) is 5.06. The first-order valence-electron chi connectivity index (χ1n) is 9.30. The second-order valence-corrected chi connectivity index (χ2v) is 7.85.